The summed E-state index contributed by atoms with van der Waals surface area (Å²) in [6.07, 6.45) is 2.04. The van der Waals surface area contributed by atoms with Gasteiger partial charge in [-0.1, -0.05) is 48.5 Å². The van der Waals surface area contributed by atoms with Gasteiger partial charge in [-0.2, -0.15) is 0 Å². The molecule has 3 aromatic rings. The first kappa shape index (κ1) is 15.2. The Kier molecular flexibility index (Phi) is 3.82. The smallest absolute Gasteiger partial charge is 0.263 e. The molecule has 0 saturated heterocycles. The molecule has 0 fully saturated rings. The number of anilines is 1. The molecule has 0 radical (unpaired) electrons. The summed E-state index contributed by atoms with van der Waals surface area (Å²) < 4.78 is 5.22. The van der Waals surface area contributed by atoms with Crippen LogP contribution in [-0.4, -0.2) is 13.0 Å². The van der Waals surface area contributed by atoms with Crippen molar-refractivity contribution in [1.82, 2.24) is 0 Å². The summed E-state index contributed by atoms with van der Waals surface area (Å²) >= 11 is 0. The van der Waals surface area contributed by atoms with Crippen LogP contribution in [0.2, 0.25) is 0 Å². The minimum absolute atomic E-state index is 0.00145. The molecule has 4 rings (SSSR count). The van der Waals surface area contributed by atoms with Crippen LogP contribution >= 0.6 is 0 Å². The quantitative estimate of drug-likeness (QED) is 0.688. The summed E-state index contributed by atoms with van der Waals surface area (Å²) in [6, 6.07) is 25.3. The van der Waals surface area contributed by atoms with Crippen molar-refractivity contribution >= 4 is 23.4 Å². The van der Waals surface area contributed by atoms with Crippen molar-refractivity contribution in [3.63, 3.8) is 0 Å². The normalized spacial score (nSPS) is 14.7. The molecule has 1 heterocycles. The van der Waals surface area contributed by atoms with Gasteiger partial charge in [-0.15, -0.1) is 0 Å². The van der Waals surface area contributed by atoms with Gasteiger partial charge < -0.3 is 4.74 Å². The van der Waals surface area contributed by atoms with Crippen LogP contribution in [-0.2, 0) is 0 Å². The molecule has 0 N–H and O–H groups in total. The fraction of sp³-hybridized carbons (Fsp3) is 0.0455. The fourth-order valence-electron chi connectivity index (χ4n) is 3.08. The van der Waals surface area contributed by atoms with Crippen molar-refractivity contribution in [2.45, 2.75) is 0 Å². The van der Waals surface area contributed by atoms with E-state index in [1.54, 1.807) is 12.0 Å². The summed E-state index contributed by atoms with van der Waals surface area (Å²) in [6.45, 7) is 0. The van der Waals surface area contributed by atoms with Crippen LogP contribution < -0.4 is 9.64 Å². The predicted molar refractivity (Wildman–Crippen MR) is 101 cm³/mol. The number of amides is 1. The average molecular weight is 327 g/mol. The predicted octanol–water partition coefficient (Wildman–Crippen LogP) is 4.85. The van der Waals surface area contributed by atoms with Gasteiger partial charge in [-0.25, -0.2) is 0 Å². The van der Waals surface area contributed by atoms with Crippen LogP contribution in [0.4, 0.5) is 5.69 Å². The summed E-state index contributed by atoms with van der Waals surface area (Å²) in [5.41, 5.74) is 4.44. The molecular weight excluding hydrogens is 310 g/mol. The van der Waals surface area contributed by atoms with Crippen LogP contribution in [0.25, 0.3) is 11.8 Å². The Hall–Kier alpha value is -3.33. The maximum absolute atomic E-state index is 13.0. The third-order valence-electron chi connectivity index (χ3n) is 4.31. The highest BCUT2D eigenvalue weighted by Crippen LogP contribution is 2.37. The van der Waals surface area contributed by atoms with Crippen molar-refractivity contribution in [1.29, 1.82) is 0 Å². The third-order valence-corrected chi connectivity index (χ3v) is 4.31. The Morgan fingerprint density at radius 1 is 0.800 bits per heavy atom. The number of nitrogens with zero attached hydrogens (tertiary/aromatic N) is 1. The highest BCUT2D eigenvalue weighted by atomic mass is 16.5. The van der Waals surface area contributed by atoms with E-state index in [0.29, 0.717) is 0 Å². The number of para-hydroxylation sites is 1. The lowest BCUT2D eigenvalue weighted by Crippen LogP contribution is -2.22. The maximum atomic E-state index is 13.0. The van der Waals surface area contributed by atoms with Crippen molar-refractivity contribution in [3.8, 4) is 5.75 Å². The summed E-state index contributed by atoms with van der Waals surface area (Å²) in [4.78, 5) is 14.7. The van der Waals surface area contributed by atoms with Gasteiger partial charge in [0.1, 0.15) is 5.75 Å². The first-order valence-corrected chi connectivity index (χ1v) is 8.12. The number of hydrogen-bond acceptors (Lipinski definition) is 2. The summed E-state index contributed by atoms with van der Waals surface area (Å²) in [5.74, 6) is 0.812. The second-order valence-corrected chi connectivity index (χ2v) is 5.82. The SMILES string of the molecule is COc1ccc(C=C2c3ccccc3C(=O)N2c2ccccc2)cc1. The van der Waals surface area contributed by atoms with Crippen molar-refractivity contribution in [2.75, 3.05) is 12.0 Å². The largest absolute Gasteiger partial charge is 0.497 e. The Labute approximate surface area is 146 Å². The third kappa shape index (κ3) is 2.70. The summed E-state index contributed by atoms with van der Waals surface area (Å²) in [5, 5.41) is 0. The number of carbonyl (C=O) groups is 1. The Balaban J connectivity index is 1.86. The van der Waals surface area contributed by atoms with Gasteiger partial charge >= 0.3 is 0 Å². The Morgan fingerprint density at radius 2 is 1.44 bits per heavy atom. The Morgan fingerprint density at radius 3 is 2.12 bits per heavy atom. The van der Waals surface area contributed by atoms with E-state index in [1.165, 1.54) is 0 Å². The number of carbonyl (C=O) groups excluding carboxylic acids is 1. The molecule has 122 valence electrons. The van der Waals surface area contributed by atoms with E-state index in [4.69, 9.17) is 4.74 Å². The minimum Gasteiger partial charge on any atom is -0.497 e. The van der Waals surface area contributed by atoms with E-state index in [1.807, 2.05) is 84.9 Å². The second kappa shape index (κ2) is 6.29. The molecule has 1 amide bonds. The zero-order valence-electron chi connectivity index (χ0n) is 13.8. The first-order chi connectivity index (χ1) is 12.3. The zero-order valence-corrected chi connectivity index (χ0v) is 13.8. The standard InChI is InChI=1S/C22H17NO2/c1-25-18-13-11-16(12-14-18)15-21-19-9-5-6-10-20(19)22(24)23(21)17-7-3-2-4-8-17/h2-15H,1H3. The van der Waals surface area contributed by atoms with Gasteiger partial charge in [-0.05, 0) is 42.0 Å². The molecule has 3 heteroatoms. The van der Waals surface area contributed by atoms with Gasteiger partial charge in [0.05, 0.1) is 12.8 Å². The van der Waals surface area contributed by atoms with E-state index in [9.17, 15) is 4.79 Å². The topological polar surface area (TPSA) is 29.5 Å². The van der Waals surface area contributed by atoms with Crippen LogP contribution in [0.15, 0.2) is 78.9 Å². The van der Waals surface area contributed by atoms with Crippen LogP contribution in [0.1, 0.15) is 21.5 Å². The molecule has 25 heavy (non-hydrogen) atoms. The molecular formula is C22H17NO2. The van der Waals surface area contributed by atoms with E-state index in [2.05, 4.69) is 0 Å². The molecule has 1 aliphatic rings. The highest BCUT2D eigenvalue weighted by Gasteiger charge is 2.32. The molecule has 0 aliphatic carbocycles. The van der Waals surface area contributed by atoms with Gasteiger partial charge in [0.25, 0.3) is 5.91 Å². The molecule has 0 saturated carbocycles. The Bertz CT molecular complexity index is 943. The lowest BCUT2D eigenvalue weighted by Gasteiger charge is -2.18. The van der Waals surface area contributed by atoms with E-state index < -0.39 is 0 Å². The molecule has 0 unspecified atom stereocenters. The van der Waals surface area contributed by atoms with Crippen molar-refractivity contribution < 1.29 is 9.53 Å². The van der Waals surface area contributed by atoms with Crippen LogP contribution in [0, 0.1) is 0 Å². The molecule has 0 spiro atoms. The van der Waals surface area contributed by atoms with E-state index in [-0.39, 0.29) is 5.91 Å². The first-order valence-electron chi connectivity index (χ1n) is 8.12. The van der Waals surface area contributed by atoms with Gasteiger partial charge in [0.2, 0.25) is 0 Å². The lowest BCUT2D eigenvalue weighted by molar-refractivity contribution is 0.101. The number of fused-ring (bicyclic) bond motifs is 1. The fourth-order valence-corrected chi connectivity index (χ4v) is 3.08. The second-order valence-electron chi connectivity index (χ2n) is 5.82. The lowest BCUT2D eigenvalue weighted by atomic mass is 10.1. The number of methoxy groups -OCH3 is 1. The molecule has 0 aromatic heterocycles. The zero-order chi connectivity index (χ0) is 17.2. The van der Waals surface area contributed by atoms with E-state index in [0.717, 1.165) is 33.8 Å². The van der Waals surface area contributed by atoms with E-state index >= 15 is 0 Å². The van der Waals surface area contributed by atoms with Crippen LogP contribution in [0.5, 0.6) is 5.75 Å². The highest BCUT2D eigenvalue weighted by molar-refractivity contribution is 6.24. The van der Waals surface area contributed by atoms with Crippen LogP contribution in [0.3, 0.4) is 0 Å². The number of rotatable bonds is 3. The average Bonchev–Trinajstić information content (AvgIpc) is 2.95. The van der Waals surface area contributed by atoms with Gasteiger partial charge in [-0.3, -0.25) is 9.69 Å². The molecule has 1 aliphatic heterocycles. The van der Waals surface area contributed by atoms with Gasteiger partial charge in [0, 0.05) is 16.8 Å². The molecule has 3 aromatic carbocycles. The number of ether oxygens (including phenoxy) is 1. The monoisotopic (exact) mass is 327 g/mol. The molecule has 0 atom stereocenters. The molecule has 0 bridgehead atoms. The number of hydrogen-bond donors (Lipinski definition) is 0. The number of benzene rings is 3. The summed E-state index contributed by atoms with van der Waals surface area (Å²) in [7, 11) is 1.65. The van der Waals surface area contributed by atoms with Crippen molar-refractivity contribution in [3.05, 3.63) is 95.6 Å². The van der Waals surface area contributed by atoms with Crippen molar-refractivity contribution in [2.24, 2.45) is 0 Å². The van der Waals surface area contributed by atoms with Gasteiger partial charge in [0.15, 0.2) is 0 Å². The molecule has 3 nitrogen and oxygen atoms in total. The maximum Gasteiger partial charge on any atom is 0.263 e. The minimum atomic E-state index is 0.00145.